The van der Waals surface area contributed by atoms with Crippen molar-refractivity contribution >= 4 is 33.2 Å². The highest BCUT2D eigenvalue weighted by Crippen LogP contribution is 2.26. The van der Waals surface area contributed by atoms with E-state index >= 15 is 0 Å². The summed E-state index contributed by atoms with van der Waals surface area (Å²) in [5, 5.41) is 9.73. The van der Waals surface area contributed by atoms with Crippen LogP contribution in [0.3, 0.4) is 0 Å². The summed E-state index contributed by atoms with van der Waals surface area (Å²) in [6.07, 6.45) is 2.78. The Kier molecular flexibility index (Phi) is 6.57. The zero-order valence-corrected chi connectivity index (χ0v) is 18.2. The minimum absolute atomic E-state index is 0.134. The van der Waals surface area contributed by atoms with Gasteiger partial charge in [-0.1, -0.05) is 0 Å². The van der Waals surface area contributed by atoms with Gasteiger partial charge in [-0.3, -0.25) is 14.3 Å². The van der Waals surface area contributed by atoms with Crippen LogP contribution < -0.4 is 10.6 Å². The summed E-state index contributed by atoms with van der Waals surface area (Å²) in [6, 6.07) is 6.79. The molecule has 162 valence electrons. The van der Waals surface area contributed by atoms with Gasteiger partial charge in [0.1, 0.15) is 4.90 Å². The molecule has 9 nitrogen and oxygen atoms in total. The molecule has 1 aliphatic heterocycles. The molecule has 2 amide bonds. The number of carbonyl (C=O) groups excluding carboxylic acids is 2. The van der Waals surface area contributed by atoms with Crippen molar-refractivity contribution < 1.29 is 18.0 Å². The molecule has 30 heavy (non-hydrogen) atoms. The second kappa shape index (κ2) is 8.97. The monoisotopic (exact) mass is 433 g/mol. The number of benzene rings is 1. The van der Waals surface area contributed by atoms with Crippen molar-refractivity contribution in [3.8, 4) is 0 Å². The molecule has 10 heteroatoms. The number of nitrogens with one attached hydrogen (secondary N) is 2. The molecule has 1 fully saturated rings. The number of anilines is 2. The van der Waals surface area contributed by atoms with Crippen LogP contribution >= 0.6 is 0 Å². The van der Waals surface area contributed by atoms with Crippen molar-refractivity contribution in [2.45, 2.75) is 45.1 Å². The largest absolute Gasteiger partial charge is 0.326 e. The van der Waals surface area contributed by atoms with Crippen LogP contribution in [0, 0.1) is 12.8 Å². The van der Waals surface area contributed by atoms with Crippen LogP contribution in [0.2, 0.25) is 0 Å². The number of hydrogen-bond donors (Lipinski definition) is 2. The molecular formula is C20H27N5O4S. The summed E-state index contributed by atoms with van der Waals surface area (Å²) in [6.45, 7) is 6.10. The zero-order chi connectivity index (χ0) is 21.9. The molecule has 2 heterocycles. The molecule has 1 aliphatic rings. The van der Waals surface area contributed by atoms with Gasteiger partial charge in [-0.25, -0.2) is 8.42 Å². The van der Waals surface area contributed by atoms with Crippen molar-refractivity contribution in [2.75, 3.05) is 23.7 Å². The van der Waals surface area contributed by atoms with Crippen molar-refractivity contribution in [1.82, 2.24) is 14.1 Å². The average Bonchev–Trinajstić information content (AvgIpc) is 3.11. The molecular weight excluding hydrogens is 406 g/mol. The van der Waals surface area contributed by atoms with Gasteiger partial charge >= 0.3 is 0 Å². The van der Waals surface area contributed by atoms with Crippen LogP contribution in [0.25, 0.3) is 0 Å². The lowest BCUT2D eigenvalue weighted by Crippen LogP contribution is -2.43. The smallest absolute Gasteiger partial charge is 0.246 e. The van der Waals surface area contributed by atoms with Gasteiger partial charge < -0.3 is 10.6 Å². The maximum absolute atomic E-state index is 13.1. The molecule has 0 bridgehead atoms. The molecule has 2 aromatic rings. The molecule has 2 N–H and O–H groups in total. The lowest BCUT2D eigenvalue weighted by atomic mass is 9.98. The van der Waals surface area contributed by atoms with Crippen molar-refractivity contribution in [3.05, 3.63) is 36.2 Å². The number of amides is 2. The van der Waals surface area contributed by atoms with Crippen LogP contribution in [0.1, 0.15) is 32.4 Å². The third-order valence-electron chi connectivity index (χ3n) is 5.07. The van der Waals surface area contributed by atoms with Gasteiger partial charge in [0.05, 0.1) is 11.6 Å². The number of sulfonamides is 1. The molecule has 1 atom stereocenters. The average molecular weight is 434 g/mol. The highest BCUT2D eigenvalue weighted by Gasteiger charge is 2.35. The minimum Gasteiger partial charge on any atom is -0.326 e. The fourth-order valence-electron chi connectivity index (χ4n) is 3.51. The Labute approximate surface area is 176 Å². The molecule has 0 aliphatic carbocycles. The molecule has 0 saturated carbocycles. The van der Waals surface area contributed by atoms with Crippen LogP contribution in [0.5, 0.6) is 0 Å². The molecule has 1 saturated heterocycles. The van der Waals surface area contributed by atoms with Gasteiger partial charge in [-0.05, 0) is 51.0 Å². The summed E-state index contributed by atoms with van der Waals surface area (Å²) >= 11 is 0. The standard InChI is InChI=1S/C20H27N5O4S/c1-4-24-13-19(14(2)23-24)30(28,29)25-11-5-6-16(12-25)20(27)22-18-9-7-17(8-10-18)21-15(3)26/h7-10,13,16H,4-6,11-12H2,1-3H3,(H,21,26)(H,22,27)/t16-/m0/s1. The van der Waals surface area contributed by atoms with E-state index in [4.69, 9.17) is 0 Å². The third-order valence-corrected chi connectivity index (χ3v) is 7.04. The number of carbonyl (C=O) groups is 2. The first-order chi connectivity index (χ1) is 14.2. The Balaban J connectivity index is 1.68. The number of hydrogen-bond acceptors (Lipinski definition) is 5. The fraction of sp³-hybridized carbons (Fsp3) is 0.450. The predicted molar refractivity (Wildman–Crippen MR) is 113 cm³/mol. The lowest BCUT2D eigenvalue weighted by molar-refractivity contribution is -0.121. The van der Waals surface area contributed by atoms with E-state index in [0.717, 1.165) is 0 Å². The highest BCUT2D eigenvalue weighted by atomic mass is 32.2. The minimum atomic E-state index is -3.71. The van der Waals surface area contributed by atoms with E-state index in [0.29, 0.717) is 43.0 Å². The first kappa shape index (κ1) is 22.0. The van der Waals surface area contributed by atoms with Crippen LogP contribution in [0.15, 0.2) is 35.4 Å². The fourth-order valence-corrected chi connectivity index (χ4v) is 5.21. The van der Waals surface area contributed by atoms with E-state index in [9.17, 15) is 18.0 Å². The number of aryl methyl sites for hydroxylation is 2. The summed E-state index contributed by atoms with van der Waals surface area (Å²) < 4.78 is 29.2. The van der Waals surface area contributed by atoms with E-state index in [1.54, 1.807) is 42.1 Å². The van der Waals surface area contributed by atoms with Crippen molar-refractivity contribution in [2.24, 2.45) is 5.92 Å². The molecule has 3 rings (SSSR count). The van der Waals surface area contributed by atoms with E-state index in [-0.39, 0.29) is 23.3 Å². The first-order valence-corrected chi connectivity index (χ1v) is 11.4. The van der Waals surface area contributed by atoms with Crippen molar-refractivity contribution in [1.29, 1.82) is 0 Å². The normalized spacial score (nSPS) is 17.5. The maximum atomic E-state index is 13.1. The van der Waals surface area contributed by atoms with E-state index in [1.165, 1.54) is 11.2 Å². The number of nitrogens with zero attached hydrogens (tertiary/aromatic N) is 3. The number of rotatable bonds is 6. The Hall–Kier alpha value is -2.72. The third kappa shape index (κ3) is 4.88. The molecule has 0 unspecified atom stereocenters. The van der Waals surface area contributed by atoms with Gasteiger partial charge in [0.15, 0.2) is 0 Å². The summed E-state index contributed by atoms with van der Waals surface area (Å²) in [4.78, 5) is 24.0. The van der Waals surface area contributed by atoms with E-state index < -0.39 is 15.9 Å². The molecule has 0 spiro atoms. The highest BCUT2D eigenvalue weighted by molar-refractivity contribution is 7.89. The van der Waals surface area contributed by atoms with Gasteiger partial charge in [-0.2, -0.15) is 9.40 Å². The van der Waals surface area contributed by atoms with Gasteiger partial charge in [0.2, 0.25) is 21.8 Å². The van der Waals surface area contributed by atoms with Gasteiger partial charge in [0.25, 0.3) is 0 Å². The second-order valence-corrected chi connectivity index (χ2v) is 9.29. The number of aromatic nitrogens is 2. The maximum Gasteiger partial charge on any atom is 0.246 e. The number of piperidine rings is 1. The molecule has 0 radical (unpaired) electrons. The molecule has 1 aromatic carbocycles. The topological polar surface area (TPSA) is 113 Å². The van der Waals surface area contributed by atoms with Crippen LogP contribution in [0.4, 0.5) is 11.4 Å². The Morgan fingerprint density at radius 2 is 1.80 bits per heavy atom. The van der Waals surface area contributed by atoms with E-state index in [2.05, 4.69) is 15.7 Å². The van der Waals surface area contributed by atoms with Gasteiger partial charge in [-0.15, -0.1) is 0 Å². The Bertz CT molecular complexity index is 1030. The van der Waals surface area contributed by atoms with Crippen LogP contribution in [-0.4, -0.2) is 47.4 Å². The lowest BCUT2D eigenvalue weighted by Gasteiger charge is -2.31. The van der Waals surface area contributed by atoms with Crippen LogP contribution in [-0.2, 0) is 26.2 Å². The van der Waals surface area contributed by atoms with Gasteiger partial charge in [0, 0.05) is 44.1 Å². The molecule has 1 aromatic heterocycles. The summed E-state index contributed by atoms with van der Waals surface area (Å²) in [5.41, 5.74) is 1.69. The Morgan fingerprint density at radius 3 is 2.37 bits per heavy atom. The quantitative estimate of drug-likeness (QED) is 0.725. The Morgan fingerprint density at radius 1 is 1.17 bits per heavy atom. The summed E-state index contributed by atoms with van der Waals surface area (Å²) in [5.74, 6) is -0.830. The van der Waals surface area contributed by atoms with Crippen molar-refractivity contribution in [3.63, 3.8) is 0 Å². The SMILES string of the molecule is CCn1cc(S(=O)(=O)N2CCC[C@H](C(=O)Nc3ccc(NC(C)=O)cc3)C2)c(C)n1. The zero-order valence-electron chi connectivity index (χ0n) is 17.4. The first-order valence-electron chi connectivity index (χ1n) is 9.93. The van der Waals surface area contributed by atoms with E-state index in [1.807, 2.05) is 6.92 Å². The second-order valence-electron chi connectivity index (χ2n) is 7.38. The summed E-state index contributed by atoms with van der Waals surface area (Å²) in [7, 11) is -3.71. The predicted octanol–water partition coefficient (Wildman–Crippen LogP) is 2.21.